The van der Waals surface area contributed by atoms with Crippen LogP contribution in [0.15, 0.2) is 51.9 Å². The molecule has 0 atom stereocenters. The van der Waals surface area contributed by atoms with Gasteiger partial charge in [0.15, 0.2) is 5.58 Å². The van der Waals surface area contributed by atoms with Gasteiger partial charge in [-0.15, -0.1) is 0 Å². The molecule has 0 unspecified atom stereocenters. The number of nitro benzene ring substituents is 1. The molecule has 0 aliphatic carbocycles. The maximum absolute atomic E-state index is 11.3. The minimum absolute atomic E-state index is 0.0430. The van der Waals surface area contributed by atoms with Crippen LogP contribution in [-0.2, 0) is 0 Å². The Morgan fingerprint density at radius 2 is 1.90 bits per heavy atom. The molecule has 2 N–H and O–H groups in total. The molecule has 9 heteroatoms. The number of hydrogen-bond donors (Lipinski definition) is 2. The van der Waals surface area contributed by atoms with Gasteiger partial charge in [-0.1, -0.05) is 23.7 Å². The molecule has 1 aromatic heterocycles. The zero-order valence-electron chi connectivity index (χ0n) is 16.5. The summed E-state index contributed by atoms with van der Waals surface area (Å²) >= 11 is 6.22. The highest BCUT2D eigenvalue weighted by Gasteiger charge is 2.25. The molecule has 0 fully saturated rings. The Morgan fingerprint density at radius 3 is 2.61 bits per heavy atom. The van der Waals surface area contributed by atoms with Crippen LogP contribution in [0.4, 0.5) is 11.4 Å². The first kappa shape index (κ1) is 20.4. The molecule has 0 aliphatic heterocycles. The van der Waals surface area contributed by atoms with E-state index >= 15 is 0 Å². The van der Waals surface area contributed by atoms with Crippen molar-refractivity contribution in [2.45, 2.75) is 13.8 Å². The maximum atomic E-state index is 11.3. The standard InChI is InChI=1S/C22H16ClN3O5/c1-11-15(21(28)20(26(29)30)12(2)19(11)23)10-24-13-7-8-17(27)14(9-13)22-25-16-5-3-4-6-18(16)31-22/h3-10,27-28H,1-2H3. The Hall–Kier alpha value is -3.91. The van der Waals surface area contributed by atoms with Crippen molar-refractivity contribution in [1.82, 2.24) is 4.98 Å². The van der Waals surface area contributed by atoms with Crippen LogP contribution < -0.4 is 0 Å². The van der Waals surface area contributed by atoms with E-state index in [4.69, 9.17) is 16.0 Å². The smallest absolute Gasteiger partial charge is 0.315 e. The summed E-state index contributed by atoms with van der Waals surface area (Å²) in [6, 6.07) is 11.8. The lowest BCUT2D eigenvalue weighted by Crippen LogP contribution is -2.00. The second-order valence-electron chi connectivity index (χ2n) is 6.88. The van der Waals surface area contributed by atoms with Crippen molar-refractivity contribution < 1.29 is 19.6 Å². The van der Waals surface area contributed by atoms with Crippen molar-refractivity contribution in [2.24, 2.45) is 4.99 Å². The number of nitro groups is 1. The fourth-order valence-electron chi connectivity index (χ4n) is 3.27. The number of nitrogens with zero attached hydrogens (tertiary/aromatic N) is 3. The van der Waals surface area contributed by atoms with Gasteiger partial charge in [0.2, 0.25) is 11.6 Å². The summed E-state index contributed by atoms with van der Waals surface area (Å²) in [4.78, 5) is 19.3. The molecule has 3 aromatic carbocycles. The average molecular weight is 438 g/mol. The predicted octanol–water partition coefficient (Wildman–Crippen LogP) is 5.84. The van der Waals surface area contributed by atoms with E-state index in [0.29, 0.717) is 27.9 Å². The molecule has 0 amide bonds. The van der Waals surface area contributed by atoms with Crippen molar-refractivity contribution in [1.29, 1.82) is 0 Å². The SMILES string of the molecule is Cc1c(Cl)c(C)c([N+](=O)[O-])c(O)c1C=Nc1ccc(O)c(-c2nc3ccccc3o2)c1. The molecule has 0 bridgehead atoms. The van der Waals surface area contributed by atoms with Gasteiger partial charge in [0.05, 0.1) is 21.2 Å². The zero-order chi connectivity index (χ0) is 22.3. The van der Waals surface area contributed by atoms with Crippen molar-refractivity contribution >= 4 is 40.3 Å². The molecule has 0 saturated heterocycles. The number of benzene rings is 3. The molecular formula is C22H16ClN3O5. The number of phenols is 2. The molecule has 0 radical (unpaired) electrons. The summed E-state index contributed by atoms with van der Waals surface area (Å²) in [5.74, 6) is -0.326. The number of aromatic nitrogens is 1. The summed E-state index contributed by atoms with van der Waals surface area (Å²) in [6.45, 7) is 3.11. The summed E-state index contributed by atoms with van der Waals surface area (Å²) in [5, 5.41) is 32.2. The Labute approximate surface area is 181 Å². The van der Waals surface area contributed by atoms with Gasteiger partial charge in [0, 0.05) is 17.3 Å². The number of phenolic OH excluding ortho intramolecular Hbond substituents is 2. The third-order valence-electron chi connectivity index (χ3n) is 4.93. The summed E-state index contributed by atoms with van der Waals surface area (Å²) in [5.41, 5.74) is 2.29. The van der Waals surface area contributed by atoms with Crippen molar-refractivity contribution in [3.63, 3.8) is 0 Å². The molecule has 0 saturated carbocycles. The van der Waals surface area contributed by atoms with E-state index in [1.807, 2.05) is 12.1 Å². The lowest BCUT2D eigenvalue weighted by atomic mass is 10.0. The van der Waals surface area contributed by atoms with Gasteiger partial charge in [-0.25, -0.2) is 4.98 Å². The van der Waals surface area contributed by atoms with E-state index in [9.17, 15) is 20.3 Å². The van der Waals surface area contributed by atoms with Crippen LogP contribution in [0.5, 0.6) is 11.5 Å². The van der Waals surface area contributed by atoms with Gasteiger partial charge in [0.1, 0.15) is 11.3 Å². The van der Waals surface area contributed by atoms with E-state index in [-0.39, 0.29) is 27.8 Å². The molecule has 4 rings (SSSR count). The van der Waals surface area contributed by atoms with Gasteiger partial charge in [-0.3, -0.25) is 15.1 Å². The molecule has 8 nitrogen and oxygen atoms in total. The van der Waals surface area contributed by atoms with Crippen LogP contribution in [0.1, 0.15) is 16.7 Å². The zero-order valence-corrected chi connectivity index (χ0v) is 17.2. The second kappa shape index (κ2) is 7.73. The largest absolute Gasteiger partial charge is 0.507 e. The van der Waals surface area contributed by atoms with E-state index in [1.54, 1.807) is 31.2 Å². The number of aromatic hydroxyl groups is 2. The van der Waals surface area contributed by atoms with Crippen LogP contribution in [-0.4, -0.2) is 26.3 Å². The quantitative estimate of drug-likeness (QED) is 0.235. The monoisotopic (exact) mass is 437 g/mol. The minimum Gasteiger partial charge on any atom is -0.507 e. The fourth-order valence-corrected chi connectivity index (χ4v) is 3.46. The molecule has 31 heavy (non-hydrogen) atoms. The number of aliphatic imine (C=N–C) groups is 1. The number of rotatable bonds is 4. The number of para-hydroxylation sites is 2. The highest BCUT2D eigenvalue weighted by Crippen LogP contribution is 2.40. The third kappa shape index (κ3) is 3.57. The van der Waals surface area contributed by atoms with Crippen LogP contribution >= 0.6 is 11.6 Å². The highest BCUT2D eigenvalue weighted by atomic mass is 35.5. The van der Waals surface area contributed by atoms with E-state index in [2.05, 4.69) is 9.98 Å². The van der Waals surface area contributed by atoms with Crippen LogP contribution in [0.25, 0.3) is 22.6 Å². The van der Waals surface area contributed by atoms with Crippen molar-refractivity contribution in [3.05, 3.63) is 74.3 Å². The fraction of sp³-hybridized carbons (Fsp3) is 0.0909. The van der Waals surface area contributed by atoms with Gasteiger partial charge in [-0.2, -0.15) is 0 Å². The Kier molecular flexibility index (Phi) is 5.08. The molecule has 156 valence electrons. The number of oxazole rings is 1. The van der Waals surface area contributed by atoms with Crippen molar-refractivity contribution in [3.8, 4) is 23.0 Å². The van der Waals surface area contributed by atoms with E-state index in [1.165, 1.54) is 19.2 Å². The first-order valence-corrected chi connectivity index (χ1v) is 9.54. The minimum atomic E-state index is -0.681. The molecule has 4 aromatic rings. The Bertz CT molecular complexity index is 1340. The predicted molar refractivity (Wildman–Crippen MR) is 118 cm³/mol. The first-order chi connectivity index (χ1) is 14.8. The normalized spacial score (nSPS) is 11.5. The number of halogens is 1. The molecule has 0 spiro atoms. The molecule has 1 heterocycles. The Balaban J connectivity index is 1.77. The van der Waals surface area contributed by atoms with Gasteiger partial charge in [-0.05, 0) is 49.7 Å². The number of fused-ring (bicyclic) bond motifs is 1. The summed E-state index contributed by atoms with van der Waals surface area (Å²) in [6.07, 6.45) is 1.30. The van der Waals surface area contributed by atoms with E-state index < -0.39 is 16.4 Å². The van der Waals surface area contributed by atoms with Crippen LogP contribution in [0, 0.1) is 24.0 Å². The van der Waals surface area contributed by atoms with Gasteiger partial charge < -0.3 is 14.6 Å². The molecular weight excluding hydrogens is 422 g/mol. The van der Waals surface area contributed by atoms with Gasteiger partial charge in [0.25, 0.3) is 0 Å². The summed E-state index contributed by atoms with van der Waals surface area (Å²) in [7, 11) is 0. The second-order valence-corrected chi connectivity index (χ2v) is 7.26. The lowest BCUT2D eigenvalue weighted by Gasteiger charge is -2.10. The number of hydrogen-bond acceptors (Lipinski definition) is 7. The van der Waals surface area contributed by atoms with Crippen LogP contribution in [0.2, 0.25) is 5.02 Å². The lowest BCUT2D eigenvalue weighted by molar-refractivity contribution is -0.386. The third-order valence-corrected chi connectivity index (χ3v) is 5.49. The Morgan fingerprint density at radius 1 is 1.16 bits per heavy atom. The topological polar surface area (TPSA) is 122 Å². The molecule has 0 aliphatic rings. The highest BCUT2D eigenvalue weighted by molar-refractivity contribution is 6.33. The van der Waals surface area contributed by atoms with Crippen molar-refractivity contribution in [2.75, 3.05) is 0 Å². The maximum Gasteiger partial charge on any atom is 0.315 e. The van der Waals surface area contributed by atoms with Crippen LogP contribution in [0.3, 0.4) is 0 Å². The van der Waals surface area contributed by atoms with Gasteiger partial charge >= 0.3 is 5.69 Å². The first-order valence-electron chi connectivity index (χ1n) is 9.17. The van der Waals surface area contributed by atoms with E-state index in [0.717, 1.165) is 0 Å². The summed E-state index contributed by atoms with van der Waals surface area (Å²) < 4.78 is 5.71. The average Bonchev–Trinajstić information content (AvgIpc) is 3.17.